The molecular weight excluding hydrogens is 382 g/mol. The van der Waals surface area contributed by atoms with Crippen molar-refractivity contribution in [3.8, 4) is 0 Å². The molecule has 2 aliphatic rings. The molecule has 0 aromatic heterocycles. The minimum atomic E-state index is -5.08. The largest absolute Gasteiger partial charge is 0.490 e. The second kappa shape index (κ2) is 10.2. The molecule has 0 bridgehead atoms. The molecule has 0 radical (unpaired) electrons. The molecule has 2 rings (SSSR count). The van der Waals surface area contributed by atoms with Crippen molar-refractivity contribution in [3.05, 3.63) is 0 Å². The van der Waals surface area contributed by atoms with Gasteiger partial charge in [-0.15, -0.1) is 0 Å². The average molecular weight is 398 g/mol. The smallest absolute Gasteiger partial charge is 0.475 e. The summed E-state index contributed by atoms with van der Waals surface area (Å²) in [5, 5.41) is 17.3. The van der Waals surface area contributed by atoms with E-state index >= 15 is 0 Å². The van der Waals surface area contributed by atoms with Crippen molar-refractivity contribution in [1.82, 2.24) is 10.2 Å². The molecule has 0 aliphatic carbocycles. The van der Waals surface area contributed by atoms with Gasteiger partial charge in [0.25, 0.3) is 0 Å². The number of halogens is 6. The van der Waals surface area contributed by atoms with Crippen LogP contribution in [0.5, 0.6) is 0 Å². The van der Waals surface area contributed by atoms with E-state index in [4.69, 9.17) is 24.5 Å². The van der Waals surface area contributed by atoms with Crippen LogP contribution in [0.2, 0.25) is 0 Å². The van der Waals surface area contributed by atoms with Gasteiger partial charge in [-0.05, 0) is 6.42 Å². The molecule has 0 aromatic rings. The molecule has 3 N–H and O–H groups in total. The Balaban J connectivity index is 0.000000390. The molecule has 1 amide bonds. The number of piperazine rings is 1. The Morgan fingerprint density at radius 1 is 1.08 bits per heavy atom. The van der Waals surface area contributed by atoms with Crippen LogP contribution >= 0.6 is 0 Å². The molecule has 8 nitrogen and oxygen atoms in total. The Kier molecular flexibility index (Phi) is 9.34. The van der Waals surface area contributed by atoms with E-state index < -0.39 is 24.3 Å². The Labute approximate surface area is 142 Å². The van der Waals surface area contributed by atoms with E-state index in [-0.39, 0.29) is 5.91 Å². The maximum atomic E-state index is 11.4. The summed E-state index contributed by atoms with van der Waals surface area (Å²) >= 11 is 0. The van der Waals surface area contributed by atoms with Crippen molar-refractivity contribution < 1.29 is 55.7 Å². The molecule has 26 heavy (non-hydrogen) atoms. The molecular formula is C12H16F6N2O6. The number of carboxylic acids is 2. The fourth-order valence-electron chi connectivity index (χ4n) is 1.78. The zero-order valence-electron chi connectivity index (χ0n) is 13.1. The molecule has 0 aromatic carbocycles. The van der Waals surface area contributed by atoms with Crippen molar-refractivity contribution in [3.63, 3.8) is 0 Å². The van der Waals surface area contributed by atoms with Crippen molar-refractivity contribution in [2.75, 3.05) is 32.8 Å². The highest BCUT2D eigenvalue weighted by molar-refractivity contribution is 5.79. The first-order valence-corrected chi connectivity index (χ1v) is 6.95. The van der Waals surface area contributed by atoms with Gasteiger partial charge in [-0.2, -0.15) is 26.3 Å². The van der Waals surface area contributed by atoms with Gasteiger partial charge in [-0.3, -0.25) is 4.79 Å². The second-order valence-corrected chi connectivity index (χ2v) is 4.89. The minimum absolute atomic E-state index is 0.219. The average Bonchev–Trinajstić information content (AvgIpc) is 3.01. The van der Waals surface area contributed by atoms with Crippen LogP contribution in [0.25, 0.3) is 0 Å². The van der Waals surface area contributed by atoms with Gasteiger partial charge in [0.1, 0.15) is 0 Å². The zero-order valence-corrected chi connectivity index (χ0v) is 13.1. The minimum Gasteiger partial charge on any atom is -0.475 e. The van der Waals surface area contributed by atoms with Crippen molar-refractivity contribution in [2.45, 2.75) is 24.8 Å². The number of carbonyl (C=O) groups excluding carboxylic acids is 1. The van der Waals surface area contributed by atoms with Gasteiger partial charge in [0, 0.05) is 19.7 Å². The maximum absolute atomic E-state index is 11.4. The summed E-state index contributed by atoms with van der Waals surface area (Å²) in [4.78, 5) is 31.1. The molecule has 1 atom stereocenters. The molecule has 0 spiro atoms. The van der Waals surface area contributed by atoms with Crippen LogP contribution < -0.4 is 5.32 Å². The Morgan fingerprint density at radius 3 is 1.85 bits per heavy atom. The van der Waals surface area contributed by atoms with E-state index in [9.17, 15) is 31.1 Å². The highest BCUT2D eigenvalue weighted by Gasteiger charge is 2.38. The predicted molar refractivity (Wildman–Crippen MR) is 71.2 cm³/mol. The number of nitrogens with one attached hydrogen (secondary N) is 1. The normalized spacial score (nSPS) is 20.5. The van der Waals surface area contributed by atoms with Gasteiger partial charge in [0.2, 0.25) is 5.91 Å². The van der Waals surface area contributed by atoms with E-state index in [1.54, 1.807) is 0 Å². The third-order valence-corrected chi connectivity index (χ3v) is 2.96. The Morgan fingerprint density at radius 2 is 1.54 bits per heavy atom. The van der Waals surface area contributed by atoms with E-state index in [2.05, 4.69) is 5.32 Å². The Bertz CT molecular complexity index is 466. The lowest BCUT2D eigenvalue weighted by molar-refractivity contribution is -0.193. The number of hydrogen-bond donors (Lipinski definition) is 3. The molecule has 2 fully saturated rings. The zero-order chi connectivity index (χ0) is 20.5. The maximum Gasteiger partial charge on any atom is 0.490 e. The van der Waals surface area contributed by atoms with Crippen LogP contribution in [0, 0.1) is 0 Å². The SMILES string of the molecule is O=C(O)C(F)(F)F.O=C(O)C(F)(F)F.O=C1CNCCN1C1CCOC1. The third kappa shape index (κ3) is 9.41. The quantitative estimate of drug-likeness (QED) is 0.550. The summed E-state index contributed by atoms with van der Waals surface area (Å²) in [7, 11) is 0. The van der Waals surface area contributed by atoms with Crippen LogP contribution in [-0.2, 0) is 19.1 Å². The second-order valence-electron chi connectivity index (χ2n) is 4.89. The van der Waals surface area contributed by atoms with Crippen LogP contribution in [0.4, 0.5) is 26.3 Å². The van der Waals surface area contributed by atoms with E-state index in [0.717, 1.165) is 32.7 Å². The molecule has 2 saturated heterocycles. The van der Waals surface area contributed by atoms with Gasteiger partial charge in [0.15, 0.2) is 0 Å². The van der Waals surface area contributed by atoms with Crippen LogP contribution in [-0.4, -0.2) is 84.2 Å². The first-order valence-electron chi connectivity index (χ1n) is 6.95. The van der Waals surface area contributed by atoms with Crippen molar-refractivity contribution >= 4 is 17.8 Å². The number of aliphatic carboxylic acids is 2. The first kappa shape index (κ1) is 23.9. The molecule has 0 saturated carbocycles. The fraction of sp³-hybridized carbons (Fsp3) is 0.750. The molecule has 14 heteroatoms. The van der Waals surface area contributed by atoms with Gasteiger partial charge >= 0.3 is 24.3 Å². The van der Waals surface area contributed by atoms with E-state index in [1.807, 2.05) is 4.90 Å². The topological polar surface area (TPSA) is 116 Å². The van der Waals surface area contributed by atoms with E-state index in [0.29, 0.717) is 12.6 Å². The van der Waals surface area contributed by atoms with Gasteiger partial charge in [-0.1, -0.05) is 0 Å². The van der Waals surface area contributed by atoms with Gasteiger partial charge in [-0.25, -0.2) is 9.59 Å². The van der Waals surface area contributed by atoms with Crippen molar-refractivity contribution in [2.24, 2.45) is 0 Å². The monoisotopic (exact) mass is 398 g/mol. The number of hydrogen-bond acceptors (Lipinski definition) is 5. The fourth-order valence-corrected chi connectivity index (χ4v) is 1.78. The summed E-state index contributed by atoms with van der Waals surface area (Å²) in [5.74, 6) is -5.29. The van der Waals surface area contributed by atoms with Crippen molar-refractivity contribution in [1.29, 1.82) is 0 Å². The lowest BCUT2D eigenvalue weighted by Crippen LogP contribution is -2.52. The predicted octanol–water partition coefficient (Wildman–Crippen LogP) is 0.474. The molecule has 2 heterocycles. The Hall–Kier alpha value is -2.09. The standard InChI is InChI=1S/C8H14N2O2.2C2HF3O2/c11-8-5-9-2-3-10(8)7-1-4-12-6-7;2*3-2(4,5)1(6)7/h7,9H,1-6H2;2*(H,6,7). The summed E-state index contributed by atoms with van der Waals surface area (Å²) in [6.45, 7) is 3.79. The number of nitrogens with zero attached hydrogens (tertiary/aromatic N) is 1. The summed E-state index contributed by atoms with van der Waals surface area (Å²) in [5.41, 5.74) is 0. The lowest BCUT2D eigenvalue weighted by Gasteiger charge is -2.31. The lowest BCUT2D eigenvalue weighted by atomic mass is 10.2. The molecule has 152 valence electrons. The third-order valence-electron chi connectivity index (χ3n) is 2.96. The number of carbonyl (C=O) groups is 3. The van der Waals surface area contributed by atoms with Crippen LogP contribution in [0.1, 0.15) is 6.42 Å². The van der Waals surface area contributed by atoms with Crippen LogP contribution in [0.15, 0.2) is 0 Å². The molecule has 1 unspecified atom stereocenters. The number of amides is 1. The highest BCUT2D eigenvalue weighted by Crippen LogP contribution is 2.14. The summed E-state index contributed by atoms with van der Waals surface area (Å²) < 4.78 is 68.7. The number of rotatable bonds is 1. The number of carboxylic acid groups (broad SMARTS) is 2. The van der Waals surface area contributed by atoms with Gasteiger partial charge < -0.3 is 25.2 Å². The number of alkyl halides is 6. The van der Waals surface area contributed by atoms with Gasteiger partial charge in [0.05, 0.1) is 19.2 Å². The number of ether oxygens (including phenoxy) is 1. The molecule has 2 aliphatic heterocycles. The highest BCUT2D eigenvalue weighted by atomic mass is 19.4. The first-order chi connectivity index (χ1) is 11.8. The van der Waals surface area contributed by atoms with Crippen LogP contribution in [0.3, 0.4) is 0 Å². The summed E-state index contributed by atoms with van der Waals surface area (Å²) in [6, 6.07) is 0.347. The summed E-state index contributed by atoms with van der Waals surface area (Å²) in [6.07, 6.45) is -9.16. The van der Waals surface area contributed by atoms with E-state index in [1.165, 1.54) is 0 Å².